The predicted octanol–water partition coefficient (Wildman–Crippen LogP) is 4.15. The van der Waals surface area contributed by atoms with E-state index in [4.69, 9.17) is 11.6 Å². The first kappa shape index (κ1) is 24.1. The van der Waals surface area contributed by atoms with Gasteiger partial charge < -0.3 is 10.2 Å². The number of sulfonamides is 1. The second-order valence-electron chi connectivity index (χ2n) is 7.85. The fraction of sp³-hybridized carbons (Fsp3) is 0.391. The van der Waals surface area contributed by atoms with Gasteiger partial charge in [-0.3, -0.25) is 13.9 Å². The van der Waals surface area contributed by atoms with E-state index >= 15 is 0 Å². The Balaban J connectivity index is 1.89. The van der Waals surface area contributed by atoms with Gasteiger partial charge >= 0.3 is 0 Å². The Hall–Kier alpha value is -2.58. The summed E-state index contributed by atoms with van der Waals surface area (Å²) in [4.78, 5) is 28.1. The molecule has 1 saturated heterocycles. The van der Waals surface area contributed by atoms with Crippen molar-refractivity contribution in [3.8, 4) is 0 Å². The fourth-order valence-electron chi connectivity index (χ4n) is 3.91. The molecule has 1 fully saturated rings. The number of benzene rings is 2. The zero-order chi connectivity index (χ0) is 23.3. The number of nitrogens with one attached hydrogen (secondary N) is 1. The van der Waals surface area contributed by atoms with Crippen LogP contribution in [0.15, 0.2) is 48.5 Å². The Labute approximate surface area is 194 Å². The normalized spacial score (nSPS) is 15.2. The highest BCUT2D eigenvalue weighted by molar-refractivity contribution is 7.92. The van der Waals surface area contributed by atoms with E-state index in [-0.39, 0.29) is 12.3 Å². The monoisotopic (exact) mass is 477 g/mol. The smallest absolute Gasteiger partial charge is 0.255 e. The van der Waals surface area contributed by atoms with Crippen molar-refractivity contribution in [2.45, 2.75) is 38.6 Å². The SMILES string of the molecule is CC[C@@H](C(=O)Nc1ccccc1C(=O)N1CCCCC1)N(c1ccc(Cl)cc1)S(C)(=O)=O. The minimum Gasteiger partial charge on any atom is -0.339 e. The number of carbonyl (C=O) groups is 2. The molecule has 1 aliphatic rings. The molecule has 172 valence electrons. The maximum absolute atomic E-state index is 13.3. The van der Waals surface area contributed by atoms with Crippen LogP contribution < -0.4 is 9.62 Å². The largest absolute Gasteiger partial charge is 0.339 e. The summed E-state index contributed by atoms with van der Waals surface area (Å²) in [6, 6.07) is 12.1. The van der Waals surface area contributed by atoms with Gasteiger partial charge in [0.25, 0.3) is 5.91 Å². The van der Waals surface area contributed by atoms with Crippen LogP contribution in [0, 0.1) is 0 Å². The molecule has 2 aromatic rings. The van der Waals surface area contributed by atoms with Gasteiger partial charge in [-0.1, -0.05) is 30.7 Å². The molecule has 1 heterocycles. The number of para-hydroxylation sites is 1. The molecular weight excluding hydrogens is 450 g/mol. The van der Waals surface area contributed by atoms with E-state index in [1.54, 1.807) is 60.4 Å². The van der Waals surface area contributed by atoms with Crippen LogP contribution in [-0.2, 0) is 14.8 Å². The molecule has 0 unspecified atom stereocenters. The van der Waals surface area contributed by atoms with Crippen LogP contribution in [0.25, 0.3) is 0 Å². The molecular formula is C23H28ClN3O4S. The Morgan fingerprint density at radius 1 is 1.06 bits per heavy atom. The second kappa shape index (κ2) is 10.4. The lowest BCUT2D eigenvalue weighted by Crippen LogP contribution is -2.47. The number of amides is 2. The first-order valence-electron chi connectivity index (χ1n) is 10.7. The number of piperidine rings is 1. The number of likely N-dealkylation sites (tertiary alicyclic amines) is 1. The molecule has 7 nitrogen and oxygen atoms in total. The van der Waals surface area contributed by atoms with Crippen LogP contribution in [0.2, 0.25) is 5.02 Å². The molecule has 0 aromatic heterocycles. The maximum atomic E-state index is 13.3. The van der Waals surface area contributed by atoms with Crippen molar-refractivity contribution in [2.24, 2.45) is 0 Å². The lowest BCUT2D eigenvalue weighted by Gasteiger charge is -2.31. The first-order chi connectivity index (χ1) is 15.2. The number of rotatable bonds is 7. The van der Waals surface area contributed by atoms with Crippen molar-refractivity contribution in [1.29, 1.82) is 0 Å². The highest BCUT2D eigenvalue weighted by Crippen LogP contribution is 2.26. The molecule has 1 N–H and O–H groups in total. The van der Waals surface area contributed by atoms with Crippen LogP contribution in [0.1, 0.15) is 43.0 Å². The standard InChI is InChI=1S/C23H28ClN3O4S/c1-3-21(27(32(2,30)31)18-13-11-17(24)12-14-18)22(28)25-20-10-6-5-9-19(20)23(29)26-15-7-4-8-16-26/h5-6,9-14,21H,3-4,7-8,15-16H2,1-2H3,(H,25,28)/t21-/m0/s1. The molecule has 3 rings (SSSR count). The Morgan fingerprint density at radius 2 is 1.69 bits per heavy atom. The minimum absolute atomic E-state index is 0.133. The molecule has 0 aliphatic carbocycles. The first-order valence-corrected chi connectivity index (χ1v) is 12.9. The van der Waals surface area contributed by atoms with Gasteiger partial charge in [-0.15, -0.1) is 0 Å². The summed E-state index contributed by atoms with van der Waals surface area (Å²) in [7, 11) is -3.77. The maximum Gasteiger partial charge on any atom is 0.255 e. The van der Waals surface area contributed by atoms with Crippen LogP contribution in [-0.4, -0.2) is 50.5 Å². The summed E-state index contributed by atoms with van der Waals surface area (Å²) in [6.07, 6.45) is 4.33. The third-order valence-corrected chi connectivity index (χ3v) is 6.90. The molecule has 0 saturated carbocycles. The topological polar surface area (TPSA) is 86.8 Å². The second-order valence-corrected chi connectivity index (χ2v) is 10.1. The molecule has 1 atom stereocenters. The van der Waals surface area contributed by atoms with E-state index in [1.807, 2.05) is 0 Å². The molecule has 2 aromatic carbocycles. The highest BCUT2D eigenvalue weighted by atomic mass is 35.5. The molecule has 1 aliphatic heterocycles. The van der Waals surface area contributed by atoms with E-state index < -0.39 is 22.0 Å². The Kier molecular flexibility index (Phi) is 7.79. The van der Waals surface area contributed by atoms with Crippen molar-refractivity contribution in [1.82, 2.24) is 4.90 Å². The summed E-state index contributed by atoms with van der Waals surface area (Å²) in [6.45, 7) is 3.12. The molecule has 0 bridgehead atoms. The van der Waals surface area contributed by atoms with Gasteiger partial charge in [0.15, 0.2) is 0 Å². The van der Waals surface area contributed by atoms with Crippen LogP contribution in [0.4, 0.5) is 11.4 Å². The lowest BCUT2D eigenvalue weighted by molar-refractivity contribution is -0.117. The summed E-state index contributed by atoms with van der Waals surface area (Å²) in [5, 5.41) is 3.26. The van der Waals surface area contributed by atoms with Crippen molar-refractivity contribution >= 4 is 44.8 Å². The zero-order valence-corrected chi connectivity index (χ0v) is 19.8. The summed E-state index contributed by atoms with van der Waals surface area (Å²) >= 11 is 5.94. The molecule has 0 spiro atoms. The zero-order valence-electron chi connectivity index (χ0n) is 18.3. The number of halogens is 1. The average molecular weight is 478 g/mol. The molecule has 32 heavy (non-hydrogen) atoms. The highest BCUT2D eigenvalue weighted by Gasteiger charge is 2.32. The van der Waals surface area contributed by atoms with Gasteiger partial charge in [-0.05, 0) is 62.1 Å². The van der Waals surface area contributed by atoms with Crippen molar-refractivity contribution in [3.63, 3.8) is 0 Å². The third kappa shape index (κ3) is 5.61. The van der Waals surface area contributed by atoms with Crippen molar-refractivity contribution < 1.29 is 18.0 Å². The predicted molar refractivity (Wildman–Crippen MR) is 128 cm³/mol. The number of anilines is 2. The van der Waals surface area contributed by atoms with E-state index in [1.165, 1.54) is 0 Å². The fourth-order valence-corrected chi connectivity index (χ4v) is 5.25. The van der Waals surface area contributed by atoms with Crippen molar-refractivity contribution in [3.05, 3.63) is 59.1 Å². The average Bonchev–Trinajstić information content (AvgIpc) is 2.78. The van der Waals surface area contributed by atoms with Gasteiger partial charge in [0.1, 0.15) is 6.04 Å². The number of nitrogens with zero attached hydrogens (tertiary/aromatic N) is 2. The van der Waals surface area contributed by atoms with Crippen LogP contribution >= 0.6 is 11.6 Å². The number of carbonyl (C=O) groups excluding carboxylic acids is 2. The minimum atomic E-state index is -3.77. The van der Waals surface area contributed by atoms with E-state index in [9.17, 15) is 18.0 Å². The van der Waals surface area contributed by atoms with Crippen molar-refractivity contribution in [2.75, 3.05) is 29.0 Å². The number of hydrogen-bond acceptors (Lipinski definition) is 4. The Morgan fingerprint density at radius 3 is 2.28 bits per heavy atom. The quantitative estimate of drug-likeness (QED) is 0.649. The molecule has 2 amide bonds. The third-order valence-electron chi connectivity index (χ3n) is 5.47. The molecule has 0 radical (unpaired) electrons. The van der Waals surface area contributed by atoms with E-state index in [0.717, 1.165) is 29.8 Å². The van der Waals surface area contributed by atoms with Gasteiger partial charge in [-0.2, -0.15) is 0 Å². The summed E-state index contributed by atoms with van der Waals surface area (Å²) in [5.74, 6) is -0.641. The van der Waals surface area contributed by atoms with Gasteiger partial charge in [0, 0.05) is 18.1 Å². The van der Waals surface area contributed by atoms with Crippen LogP contribution in [0.3, 0.4) is 0 Å². The van der Waals surface area contributed by atoms with Gasteiger partial charge in [-0.25, -0.2) is 8.42 Å². The Bertz CT molecular complexity index is 1070. The van der Waals surface area contributed by atoms with Gasteiger partial charge in [0.2, 0.25) is 15.9 Å². The molecule has 9 heteroatoms. The van der Waals surface area contributed by atoms with E-state index in [2.05, 4.69) is 5.32 Å². The van der Waals surface area contributed by atoms with Gasteiger partial charge in [0.05, 0.1) is 23.2 Å². The number of hydrogen-bond donors (Lipinski definition) is 1. The van der Waals surface area contributed by atoms with E-state index in [0.29, 0.717) is 35.1 Å². The van der Waals surface area contributed by atoms with Crippen LogP contribution in [0.5, 0.6) is 0 Å². The lowest BCUT2D eigenvalue weighted by atomic mass is 10.1. The summed E-state index contributed by atoms with van der Waals surface area (Å²) < 4.78 is 26.3. The summed E-state index contributed by atoms with van der Waals surface area (Å²) in [5.41, 5.74) is 1.11.